The van der Waals surface area contributed by atoms with Crippen molar-refractivity contribution in [1.29, 1.82) is 0 Å². The number of amides is 1. The van der Waals surface area contributed by atoms with Gasteiger partial charge in [0.25, 0.3) is 0 Å². The monoisotopic (exact) mass is 415 g/mol. The summed E-state index contributed by atoms with van der Waals surface area (Å²) in [5.41, 5.74) is 1.10. The predicted octanol–water partition coefficient (Wildman–Crippen LogP) is 4.81. The number of pyridine rings is 1. The molecule has 1 aromatic carbocycles. The topological polar surface area (TPSA) is 67.0 Å². The van der Waals surface area contributed by atoms with Gasteiger partial charge in [-0.1, -0.05) is 29.8 Å². The number of carbonyl (C=O) groups is 1. The van der Waals surface area contributed by atoms with Crippen LogP contribution in [0.5, 0.6) is 5.88 Å². The Morgan fingerprint density at radius 1 is 1.21 bits per heavy atom. The van der Waals surface area contributed by atoms with Gasteiger partial charge in [0.05, 0.1) is 10.8 Å². The SMILES string of the molecule is O=C(CSc1c[nH]c2ccccc12)NC1CCC(Oc2ccc(Cl)cn2)CC1. The second-order valence-corrected chi connectivity index (χ2v) is 8.41. The first-order valence-electron chi connectivity index (χ1n) is 9.44. The van der Waals surface area contributed by atoms with E-state index in [1.165, 1.54) is 0 Å². The molecule has 4 rings (SSSR count). The molecule has 2 N–H and O–H groups in total. The molecular weight excluding hydrogens is 394 g/mol. The number of nitrogens with zero attached hydrogens (tertiary/aromatic N) is 1. The first kappa shape index (κ1) is 19.2. The van der Waals surface area contributed by atoms with Crippen molar-refractivity contribution in [2.45, 2.75) is 42.7 Å². The minimum absolute atomic E-state index is 0.0824. The highest BCUT2D eigenvalue weighted by atomic mass is 35.5. The molecule has 0 aliphatic heterocycles. The fourth-order valence-corrected chi connectivity index (χ4v) is 4.46. The third-order valence-corrected chi connectivity index (χ3v) is 6.22. The summed E-state index contributed by atoms with van der Waals surface area (Å²) >= 11 is 7.42. The van der Waals surface area contributed by atoms with E-state index in [9.17, 15) is 4.79 Å². The largest absolute Gasteiger partial charge is 0.474 e. The summed E-state index contributed by atoms with van der Waals surface area (Å²) in [4.78, 5) is 20.9. The van der Waals surface area contributed by atoms with E-state index in [0.29, 0.717) is 16.7 Å². The van der Waals surface area contributed by atoms with Gasteiger partial charge in [-0.05, 0) is 37.8 Å². The molecule has 1 saturated carbocycles. The van der Waals surface area contributed by atoms with Crippen LogP contribution in [0.2, 0.25) is 5.02 Å². The van der Waals surface area contributed by atoms with Gasteiger partial charge >= 0.3 is 0 Å². The number of benzene rings is 1. The molecule has 5 nitrogen and oxygen atoms in total. The van der Waals surface area contributed by atoms with Gasteiger partial charge in [-0.3, -0.25) is 4.79 Å². The molecule has 1 amide bonds. The average Bonchev–Trinajstić information content (AvgIpc) is 3.13. The summed E-state index contributed by atoms with van der Waals surface area (Å²) in [5.74, 6) is 1.11. The normalized spacial score (nSPS) is 19.5. The van der Waals surface area contributed by atoms with E-state index >= 15 is 0 Å². The number of thioether (sulfide) groups is 1. The summed E-state index contributed by atoms with van der Waals surface area (Å²) in [7, 11) is 0. The van der Waals surface area contributed by atoms with Crippen LogP contribution in [0.25, 0.3) is 10.9 Å². The van der Waals surface area contributed by atoms with Crippen molar-refractivity contribution in [3.8, 4) is 5.88 Å². The van der Waals surface area contributed by atoms with E-state index in [-0.39, 0.29) is 18.1 Å². The first-order chi connectivity index (χ1) is 13.7. The second-order valence-electron chi connectivity index (χ2n) is 6.96. The molecule has 28 heavy (non-hydrogen) atoms. The van der Waals surface area contributed by atoms with Gasteiger partial charge in [0.2, 0.25) is 11.8 Å². The van der Waals surface area contributed by atoms with Gasteiger partial charge in [-0.2, -0.15) is 0 Å². The van der Waals surface area contributed by atoms with E-state index < -0.39 is 0 Å². The highest BCUT2D eigenvalue weighted by molar-refractivity contribution is 8.00. The fraction of sp³-hybridized carbons (Fsp3) is 0.333. The number of fused-ring (bicyclic) bond motifs is 1. The molecule has 0 radical (unpaired) electrons. The lowest BCUT2D eigenvalue weighted by Gasteiger charge is -2.29. The number of nitrogens with one attached hydrogen (secondary N) is 2. The van der Waals surface area contributed by atoms with Gasteiger partial charge in [0.15, 0.2) is 0 Å². The molecule has 0 unspecified atom stereocenters. The van der Waals surface area contributed by atoms with Crippen LogP contribution >= 0.6 is 23.4 Å². The molecule has 1 aliphatic rings. The Labute approximate surface area is 173 Å². The number of carbonyl (C=O) groups excluding carboxylic acids is 1. The van der Waals surface area contributed by atoms with Crippen molar-refractivity contribution in [1.82, 2.24) is 15.3 Å². The van der Waals surface area contributed by atoms with E-state index in [2.05, 4.69) is 21.4 Å². The van der Waals surface area contributed by atoms with Gasteiger partial charge in [0.1, 0.15) is 6.10 Å². The summed E-state index contributed by atoms with van der Waals surface area (Å²) in [6.45, 7) is 0. The van der Waals surface area contributed by atoms with Crippen LogP contribution in [0.1, 0.15) is 25.7 Å². The van der Waals surface area contributed by atoms with Crippen molar-refractivity contribution in [3.05, 3.63) is 53.8 Å². The number of aromatic nitrogens is 2. The summed E-state index contributed by atoms with van der Waals surface area (Å²) in [6, 6.07) is 11.9. The number of aromatic amines is 1. The molecule has 0 bridgehead atoms. The second kappa shape index (κ2) is 8.88. The number of hydrogen-bond donors (Lipinski definition) is 2. The lowest BCUT2D eigenvalue weighted by atomic mass is 9.93. The third-order valence-electron chi connectivity index (χ3n) is 4.94. The zero-order valence-electron chi connectivity index (χ0n) is 15.4. The smallest absolute Gasteiger partial charge is 0.230 e. The van der Waals surface area contributed by atoms with Crippen molar-refractivity contribution in [2.24, 2.45) is 0 Å². The number of halogens is 1. The number of hydrogen-bond acceptors (Lipinski definition) is 4. The molecular formula is C21H22ClN3O2S. The van der Waals surface area contributed by atoms with Gasteiger partial charge < -0.3 is 15.0 Å². The number of H-pyrrole nitrogens is 1. The third kappa shape index (κ3) is 4.80. The highest BCUT2D eigenvalue weighted by Crippen LogP contribution is 2.28. The molecule has 0 saturated heterocycles. The highest BCUT2D eigenvalue weighted by Gasteiger charge is 2.24. The van der Waals surface area contributed by atoms with E-state index in [1.54, 1.807) is 30.1 Å². The molecule has 7 heteroatoms. The first-order valence-corrected chi connectivity index (χ1v) is 10.8. The summed E-state index contributed by atoms with van der Waals surface area (Å²) in [6.07, 6.45) is 7.35. The maximum absolute atomic E-state index is 12.4. The van der Waals surface area contributed by atoms with Gasteiger partial charge in [-0.15, -0.1) is 11.8 Å². The Balaban J connectivity index is 1.21. The molecule has 146 valence electrons. The van der Waals surface area contributed by atoms with Crippen LogP contribution in [-0.4, -0.2) is 33.8 Å². The lowest BCUT2D eigenvalue weighted by Crippen LogP contribution is -2.40. The maximum atomic E-state index is 12.4. The van der Waals surface area contributed by atoms with E-state index in [0.717, 1.165) is 41.5 Å². The molecule has 1 aliphatic carbocycles. The number of para-hydroxylation sites is 1. The van der Waals surface area contributed by atoms with Crippen molar-refractivity contribution < 1.29 is 9.53 Å². The fourth-order valence-electron chi connectivity index (χ4n) is 3.50. The van der Waals surface area contributed by atoms with Crippen LogP contribution in [-0.2, 0) is 4.79 Å². The average molecular weight is 416 g/mol. The Morgan fingerprint density at radius 3 is 2.82 bits per heavy atom. The van der Waals surface area contributed by atoms with Gasteiger partial charge in [0, 0.05) is 40.3 Å². The minimum atomic E-state index is 0.0824. The van der Waals surface area contributed by atoms with Crippen molar-refractivity contribution in [3.63, 3.8) is 0 Å². The minimum Gasteiger partial charge on any atom is -0.474 e. The Bertz CT molecular complexity index is 936. The van der Waals surface area contributed by atoms with Gasteiger partial charge in [-0.25, -0.2) is 4.98 Å². The van der Waals surface area contributed by atoms with Crippen LogP contribution in [0, 0.1) is 0 Å². The van der Waals surface area contributed by atoms with E-state index in [1.807, 2.05) is 24.4 Å². The molecule has 2 heterocycles. The maximum Gasteiger partial charge on any atom is 0.230 e. The van der Waals surface area contributed by atoms with Crippen LogP contribution < -0.4 is 10.1 Å². The molecule has 0 atom stereocenters. The Morgan fingerprint density at radius 2 is 2.04 bits per heavy atom. The molecule has 3 aromatic rings. The number of ether oxygens (including phenoxy) is 1. The summed E-state index contributed by atoms with van der Waals surface area (Å²) < 4.78 is 5.91. The molecule has 1 fully saturated rings. The molecule has 2 aromatic heterocycles. The number of rotatable bonds is 6. The zero-order valence-corrected chi connectivity index (χ0v) is 16.9. The summed E-state index contributed by atoms with van der Waals surface area (Å²) in [5, 5.41) is 4.92. The van der Waals surface area contributed by atoms with Crippen LogP contribution in [0.15, 0.2) is 53.7 Å². The van der Waals surface area contributed by atoms with Crippen LogP contribution in [0.4, 0.5) is 0 Å². The lowest BCUT2D eigenvalue weighted by molar-refractivity contribution is -0.119. The Hall–Kier alpha value is -2.18. The van der Waals surface area contributed by atoms with Crippen molar-refractivity contribution in [2.75, 3.05) is 5.75 Å². The molecule has 0 spiro atoms. The standard InChI is InChI=1S/C21H22ClN3O2S/c22-14-5-10-21(24-11-14)27-16-8-6-15(7-9-16)25-20(26)13-28-19-12-23-18-4-2-1-3-17(18)19/h1-5,10-12,15-16,23H,6-9,13H2,(H,25,26). The zero-order chi connectivity index (χ0) is 19.3. The Kier molecular flexibility index (Phi) is 6.07. The quantitative estimate of drug-likeness (QED) is 0.566. The van der Waals surface area contributed by atoms with E-state index in [4.69, 9.17) is 16.3 Å². The van der Waals surface area contributed by atoms with Crippen LogP contribution in [0.3, 0.4) is 0 Å². The predicted molar refractivity (Wildman–Crippen MR) is 113 cm³/mol. The van der Waals surface area contributed by atoms with Crippen molar-refractivity contribution >= 4 is 40.2 Å².